The molecular formula is C22H20Cl2N2O3. The van der Waals surface area contributed by atoms with Gasteiger partial charge in [0, 0.05) is 24.4 Å². The van der Waals surface area contributed by atoms with E-state index in [1.165, 1.54) is 23.3 Å². The molecule has 29 heavy (non-hydrogen) atoms. The zero-order chi connectivity index (χ0) is 21.0. The van der Waals surface area contributed by atoms with Crippen molar-refractivity contribution in [3.05, 3.63) is 97.0 Å². The van der Waals surface area contributed by atoms with Gasteiger partial charge in [-0.15, -0.1) is 0 Å². The summed E-state index contributed by atoms with van der Waals surface area (Å²) in [7, 11) is 0. The first kappa shape index (κ1) is 21.0. The molecule has 0 amide bonds. The second-order valence-electron chi connectivity index (χ2n) is 6.75. The number of nitro groups is 1. The number of ether oxygens (including phenoxy) is 1. The largest absolute Gasteiger partial charge is 0.486 e. The lowest BCUT2D eigenvalue weighted by Crippen LogP contribution is -2.02. The van der Waals surface area contributed by atoms with Crippen LogP contribution in [0.25, 0.3) is 0 Å². The van der Waals surface area contributed by atoms with Gasteiger partial charge in [0.25, 0.3) is 5.69 Å². The minimum atomic E-state index is -0.441. The molecule has 0 unspecified atom stereocenters. The molecule has 150 valence electrons. The van der Waals surface area contributed by atoms with Gasteiger partial charge in [-0.1, -0.05) is 29.3 Å². The van der Waals surface area contributed by atoms with Crippen LogP contribution in [0.15, 0.2) is 54.6 Å². The van der Waals surface area contributed by atoms with Crippen molar-refractivity contribution in [3.63, 3.8) is 0 Å². The molecule has 3 aromatic carbocycles. The summed E-state index contributed by atoms with van der Waals surface area (Å²) in [5, 5.41) is 14.9. The lowest BCUT2D eigenvalue weighted by molar-refractivity contribution is -0.384. The molecule has 0 radical (unpaired) electrons. The van der Waals surface area contributed by atoms with Crippen molar-refractivity contribution in [1.82, 2.24) is 0 Å². The summed E-state index contributed by atoms with van der Waals surface area (Å²) in [6.07, 6.45) is 0. The molecule has 0 heterocycles. The van der Waals surface area contributed by atoms with Gasteiger partial charge in [-0.25, -0.2) is 0 Å². The quantitative estimate of drug-likeness (QED) is 0.334. The van der Waals surface area contributed by atoms with E-state index in [0.29, 0.717) is 22.3 Å². The van der Waals surface area contributed by atoms with Crippen LogP contribution in [0.4, 0.5) is 11.4 Å². The van der Waals surface area contributed by atoms with Crippen LogP contribution in [0.1, 0.15) is 22.3 Å². The van der Waals surface area contributed by atoms with E-state index < -0.39 is 4.92 Å². The Morgan fingerprint density at radius 1 is 0.931 bits per heavy atom. The average molecular weight is 431 g/mol. The van der Waals surface area contributed by atoms with Gasteiger partial charge in [-0.05, 0) is 72.5 Å². The van der Waals surface area contributed by atoms with Gasteiger partial charge in [0.1, 0.15) is 6.61 Å². The third-order valence-electron chi connectivity index (χ3n) is 4.59. The second-order valence-corrected chi connectivity index (χ2v) is 7.57. The topological polar surface area (TPSA) is 64.4 Å². The van der Waals surface area contributed by atoms with E-state index in [0.717, 1.165) is 16.8 Å². The fraction of sp³-hybridized carbons (Fsp3) is 0.182. The smallest absolute Gasteiger partial charge is 0.269 e. The van der Waals surface area contributed by atoms with E-state index in [4.69, 9.17) is 27.9 Å². The van der Waals surface area contributed by atoms with E-state index >= 15 is 0 Å². The molecule has 0 spiro atoms. The summed E-state index contributed by atoms with van der Waals surface area (Å²) in [6.45, 7) is 4.93. The minimum Gasteiger partial charge on any atom is -0.486 e. The van der Waals surface area contributed by atoms with E-state index in [2.05, 4.69) is 31.3 Å². The van der Waals surface area contributed by atoms with Crippen LogP contribution in [-0.4, -0.2) is 4.92 Å². The van der Waals surface area contributed by atoms with Gasteiger partial charge in [-0.3, -0.25) is 10.1 Å². The molecule has 5 nitrogen and oxygen atoms in total. The summed E-state index contributed by atoms with van der Waals surface area (Å²) in [5.41, 5.74) is 5.24. The lowest BCUT2D eigenvalue weighted by atomic mass is 10.1. The van der Waals surface area contributed by atoms with Crippen molar-refractivity contribution in [3.8, 4) is 5.75 Å². The van der Waals surface area contributed by atoms with Crippen molar-refractivity contribution in [1.29, 1.82) is 0 Å². The Hall–Kier alpha value is -2.76. The van der Waals surface area contributed by atoms with Crippen LogP contribution in [0.5, 0.6) is 5.75 Å². The molecule has 0 aliphatic heterocycles. The predicted octanol–water partition coefficient (Wildman–Crippen LogP) is 6.71. The highest BCUT2D eigenvalue weighted by molar-refractivity contribution is 6.37. The van der Waals surface area contributed by atoms with Crippen molar-refractivity contribution in [2.75, 3.05) is 5.32 Å². The van der Waals surface area contributed by atoms with Crippen LogP contribution in [0.3, 0.4) is 0 Å². The SMILES string of the molecule is Cc1ccc(NCc2cc(Cl)c(OCc3ccc([N+](=O)[O-])cc3)c(Cl)c2)cc1C. The monoisotopic (exact) mass is 430 g/mol. The Morgan fingerprint density at radius 3 is 2.17 bits per heavy atom. The maximum atomic E-state index is 10.7. The van der Waals surface area contributed by atoms with E-state index in [1.807, 2.05) is 18.2 Å². The number of nitrogens with zero attached hydrogens (tertiary/aromatic N) is 1. The van der Waals surface area contributed by atoms with Crippen molar-refractivity contribution in [2.45, 2.75) is 27.0 Å². The van der Waals surface area contributed by atoms with Crippen LogP contribution in [-0.2, 0) is 13.2 Å². The third-order valence-corrected chi connectivity index (χ3v) is 5.15. The zero-order valence-corrected chi connectivity index (χ0v) is 17.6. The molecule has 3 aromatic rings. The fourth-order valence-electron chi connectivity index (χ4n) is 2.78. The Morgan fingerprint density at radius 2 is 1.59 bits per heavy atom. The Bertz CT molecular complexity index is 1010. The average Bonchev–Trinajstić information content (AvgIpc) is 2.68. The standard InChI is InChI=1S/C22H20Cl2N2O3/c1-14-3-6-18(9-15(14)2)25-12-17-10-20(23)22(21(24)11-17)29-13-16-4-7-19(8-5-16)26(27)28/h3-11,25H,12-13H2,1-2H3. The maximum absolute atomic E-state index is 10.7. The maximum Gasteiger partial charge on any atom is 0.269 e. The Kier molecular flexibility index (Phi) is 6.62. The summed E-state index contributed by atoms with van der Waals surface area (Å²) in [4.78, 5) is 10.3. The molecule has 0 bridgehead atoms. The van der Waals surface area contributed by atoms with E-state index in [-0.39, 0.29) is 12.3 Å². The zero-order valence-electron chi connectivity index (χ0n) is 16.0. The van der Waals surface area contributed by atoms with Gasteiger partial charge < -0.3 is 10.1 Å². The molecule has 0 aromatic heterocycles. The highest BCUT2D eigenvalue weighted by atomic mass is 35.5. The van der Waals surface area contributed by atoms with Gasteiger partial charge >= 0.3 is 0 Å². The summed E-state index contributed by atoms with van der Waals surface area (Å²) >= 11 is 12.7. The second kappa shape index (κ2) is 9.16. The predicted molar refractivity (Wildman–Crippen MR) is 117 cm³/mol. The van der Waals surface area contributed by atoms with Crippen LogP contribution in [0, 0.1) is 24.0 Å². The van der Waals surface area contributed by atoms with Crippen LogP contribution < -0.4 is 10.1 Å². The van der Waals surface area contributed by atoms with Gasteiger partial charge in [0.15, 0.2) is 5.75 Å². The fourth-order valence-corrected chi connectivity index (χ4v) is 3.42. The van der Waals surface area contributed by atoms with E-state index in [1.54, 1.807) is 12.1 Å². The molecule has 0 atom stereocenters. The number of nitrogens with one attached hydrogen (secondary N) is 1. The molecule has 3 rings (SSSR count). The Balaban J connectivity index is 1.65. The number of hydrogen-bond donors (Lipinski definition) is 1. The van der Waals surface area contributed by atoms with Crippen LogP contribution in [0.2, 0.25) is 10.0 Å². The molecule has 0 saturated carbocycles. The Labute approximate surface area is 179 Å². The minimum absolute atomic E-state index is 0.0328. The number of aryl methyl sites for hydroxylation is 2. The molecule has 0 aliphatic carbocycles. The van der Waals surface area contributed by atoms with Crippen molar-refractivity contribution in [2.24, 2.45) is 0 Å². The molecule has 0 fully saturated rings. The molecule has 0 saturated heterocycles. The van der Waals surface area contributed by atoms with Crippen molar-refractivity contribution >= 4 is 34.6 Å². The molecule has 1 N–H and O–H groups in total. The van der Waals surface area contributed by atoms with Gasteiger partial charge in [0.05, 0.1) is 15.0 Å². The highest BCUT2D eigenvalue weighted by Gasteiger charge is 2.11. The highest BCUT2D eigenvalue weighted by Crippen LogP contribution is 2.35. The first-order valence-electron chi connectivity index (χ1n) is 8.98. The van der Waals surface area contributed by atoms with Gasteiger partial charge in [0.2, 0.25) is 0 Å². The summed E-state index contributed by atoms with van der Waals surface area (Å²) < 4.78 is 5.75. The number of benzene rings is 3. The van der Waals surface area contributed by atoms with E-state index in [9.17, 15) is 10.1 Å². The first-order valence-corrected chi connectivity index (χ1v) is 9.74. The van der Waals surface area contributed by atoms with Gasteiger partial charge in [-0.2, -0.15) is 0 Å². The molecule has 0 aliphatic rings. The number of hydrogen-bond acceptors (Lipinski definition) is 4. The number of non-ortho nitro benzene ring substituents is 1. The third kappa shape index (κ3) is 5.40. The molecular weight excluding hydrogens is 411 g/mol. The normalized spacial score (nSPS) is 10.6. The number of halogens is 2. The number of rotatable bonds is 7. The first-order chi connectivity index (χ1) is 13.8. The number of anilines is 1. The summed E-state index contributed by atoms with van der Waals surface area (Å²) in [6, 6.07) is 16.0. The van der Waals surface area contributed by atoms with Crippen molar-refractivity contribution < 1.29 is 9.66 Å². The lowest BCUT2D eigenvalue weighted by Gasteiger charge is -2.13. The number of nitro benzene ring substituents is 1. The summed E-state index contributed by atoms with van der Waals surface area (Å²) in [5.74, 6) is 0.390. The van der Waals surface area contributed by atoms with Crippen LogP contribution >= 0.6 is 23.2 Å². The molecule has 7 heteroatoms.